The number of H-pyrrole nitrogens is 1. The number of imidazole rings is 1. The van der Waals surface area contributed by atoms with Gasteiger partial charge in [-0.05, 0) is 29.8 Å². The van der Waals surface area contributed by atoms with Crippen molar-refractivity contribution in [3.8, 4) is 5.75 Å². The molecule has 22 heavy (non-hydrogen) atoms. The van der Waals surface area contributed by atoms with Crippen LogP contribution in [0, 0.1) is 5.82 Å². The number of hydrogen-bond donors (Lipinski definition) is 2. The summed E-state index contributed by atoms with van der Waals surface area (Å²) in [5.41, 5.74) is 1.74. The Kier molecular flexibility index (Phi) is 4.34. The summed E-state index contributed by atoms with van der Waals surface area (Å²) in [6.07, 6.45) is 3.51. The molecule has 0 atom stereocenters. The smallest absolute Gasteiger partial charge is 0.125 e. The molecule has 2 N–H and O–H groups in total. The average Bonchev–Trinajstić information content (AvgIpc) is 3.05. The van der Waals surface area contributed by atoms with E-state index in [-0.39, 0.29) is 5.82 Å². The summed E-state index contributed by atoms with van der Waals surface area (Å²) in [5, 5.41) is 3.26. The predicted molar refractivity (Wildman–Crippen MR) is 83.1 cm³/mol. The van der Waals surface area contributed by atoms with Crippen LogP contribution in [0.25, 0.3) is 0 Å². The Bertz CT molecular complexity index is 728. The van der Waals surface area contributed by atoms with E-state index in [4.69, 9.17) is 4.74 Å². The second-order valence-corrected chi connectivity index (χ2v) is 4.84. The van der Waals surface area contributed by atoms with Crippen LogP contribution in [0.4, 0.5) is 10.1 Å². The lowest BCUT2D eigenvalue weighted by Crippen LogP contribution is -2.01. The zero-order valence-corrected chi connectivity index (χ0v) is 11.9. The second kappa shape index (κ2) is 6.76. The van der Waals surface area contributed by atoms with E-state index in [1.807, 2.05) is 30.3 Å². The van der Waals surface area contributed by atoms with Gasteiger partial charge in [-0.2, -0.15) is 0 Å². The molecule has 0 saturated heterocycles. The van der Waals surface area contributed by atoms with E-state index in [0.29, 0.717) is 13.2 Å². The number of anilines is 1. The molecule has 1 aromatic heterocycles. The summed E-state index contributed by atoms with van der Waals surface area (Å²) in [4.78, 5) is 7.19. The summed E-state index contributed by atoms with van der Waals surface area (Å²) in [5.74, 6) is 1.34. The van der Waals surface area contributed by atoms with Gasteiger partial charge in [-0.3, -0.25) is 0 Å². The van der Waals surface area contributed by atoms with Crippen molar-refractivity contribution in [2.75, 3.05) is 5.32 Å². The molecular weight excluding hydrogens is 281 g/mol. The fourth-order valence-corrected chi connectivity index (χ4v) is 2.07. The first-order valence-corrected chi connectivity index (χ1v) is 6.99. The maximum Gasteiger partial charge on any atom is 0.125 e. The van der Waals surface area contributed by atoms with Gasteiger partial charge in [0.1, 0.15) is 24.0 Å². The van der Waals surface area contributed by atoms with Crippen molar-refractivity contribution < 1.29 is 9.13 Å². The van der Waals surface area contributed by atoms with Crippen LogP contribution in [-0.2, 0) is 13.2 Å². The highest BCUT2D eigenvalue weighted by Crippen LogP contribution is 2.19. The lowest BCUT2D eigenvalue weighted by molar-refractivity contribution is 0.305. The van der Waals surface area contributed by atoms with E-state index in [1.165, 1.54) is 12.1 Å². The van der Waals surface area contributed by atoms with E-state index >= 15 is 0 Å². The Balaban J connectivity index is 1.59. The quantitative estimate of drug-likeness (QED) is 0.728. The molecule has 5 heteroatoms. The highest BCUT2D eigenvalue weighted by molar-refractivity contribution is 5.48. The molecule has 0 aliphatic carbocycles. The molecule has 3 aromatic rings. The monoisotopic (exact) mass is 297 g/mol. The van der Waals surface area contributed by atoms with E-state index in [2.05, 4.69) is 15.3 Å². The summed E-state index contributed by atoms with van der Waals surface area (Å²) < 4.78 is 18.8. The minimum absolute atomic E-state index is 0.255. The molecule has 0 spiro atoms. The number of nitrogens with zero attached hydrogens (tertiary/aromatic N) is 1. The normalized spacial score (nSPS) is 10.4. The highest BCUT2D eigenvalue weighted by atomic mass is 19.1. The Morgan fingerprint density at radius 1 is 1.14 bits per heavy atom. The molecule has 0 aliphatic heterocycles. The molecule has 0 radical (unpaired) electrons. The predicted octanol–water partition coefficient (Wildman–Crippen LogP) is 3.74. The molecular formula is C17H16FN3O. The van der Waals surface area contributed by atoms with Gasteiger partial charge in [0.25, 0.3) is 0 Å². The van der Waals surface area contributed by atoms with Crippen LogP contribution in [0.3, 0.4) is 0 Å². The van der Waals surface area contributed by atoms with Gasteiger partial charge in [-0.1, -0.05) is 18.2 Å². The molecule has 2 aromatic carbocycles. The fraction of sp³-hybridized carbons (Fsp3) is 0.118. The second-order valence-electron chi connectivity index (χ2n) is 4.84. The van der Waals surface area contributed by atoms with Gasteiger partial charge in [0.15, 0.2) is 0 Å². The van der Waals surface area contributed by atoms with Crippen LogP contribution in [0.1, 0.15) is 11.4 Å². The van der Waals surface area contributed by atoms with Gasteiger partial charge in [0.05, 0.1) is 6.54 Å². The Labute approximate surface area is 128 Å². The molecule has 0 bridgehead atoms. The molecule has 1 heterocycles. The van der Waals surface area contributed by atoms with Gasteiger partial charge in [0.2, 0.25) is 0 Å². The number of rotatable bonds is 6. The molecule has 112 valence electrons. The van der Waals surface area contributed by atoms with Gasteiger partial charge < -0.3 is 15.0 Å². The van der Waals surface area contributed by atoms with Crippen molar-refractivity contribution in [2.45, 2.75) is 13.2 Å². The minimum atomic E-state index is -0.255. The minimum Gasteiger partial charge on any atom is -0.489 e. The molecule has 0 amide bonds. The topological polar surface area (TPSA) is 49.9 Å². The fourth-order valence-electron chi connectivity index (χ4n) is 2.07. The highest BCUT2D eigenvalue weighted by Gasteiger charge is 2.00. The number of benzene rings is 2. The van der Waals surface area contributed by atoms with E-state index in [1.54, 1.807) is 18.5 Å². The number of aromatic nitrogens is 2. The number of ether oxygens (including phenoxy) is 1. The zero-order chi connectivity index (χ0) is 15.2. The Hall–Kier alpha value is -2.82. The zero-order valence-electron chi connectivity index (χ0n) is 11.9. The summed E-state index contributed by atoms with van der Waals surface area (Å²) in [6.45, 7) is 0.944. The summed E-state index contributed by atoms with van der Waals surface area (Å²) in [6, 6.07) is 14.0. The summed E-state index contributed by atoms with van der Waals surface area (Å²) >= 11 is 0. The molecule has 0 fully saturated rings. The lowest BCUT2D eigenvalue weighted by Gasteiger charge is -2.09. The number of aromatic amines is 1. The van der Waals surface area contributed by atoms with Crippen molar-refractivity contribution in [3.63, 3.8) is 0 Å². The molecule has 4 nitrogen and oxygen atoms in total. The molecule has 0 aliphatic rings. The lowest BCUT2D eigenvalue weighted by atomic mass is 10.2. The maximum atomic E-state index is 13.1. The van der Waals surface area contributed by atoms with E-state index < -0.39 is 0 Å². The van der Waals surface area contributed by atoms with Crippen molar-refractivity contribution >= 4 is 5.69 Å². The third-order valence-electron chi connectivity index (χ3n) is 3.14. The third-order valence-corrected chi connectivity index (χ3v) is 3.14. The van der Waals surface area contributed by atoms with Crippen LogP contribution < -0.4 is 10.1 Å². The largest absolute Gasteiger partial charge is 0.489 e. The first kappa shape index (κ1) is 14.1. The SMILES string of the molecule is Fc1cccc(COc2cccc(NCc3ncc[nH]3)c2)c1. The van der Waals surface area contributed by atoms with Crippen molar-refractivity contribution in [2.24, 2.45) is 0 Å². The van der Waals surface area contributed by atoms with Gasteiger partial charge >= 0.3 is 0 Å². The molecule has 0 saturated carbocycles. The Morgan fingerprint density at radius 3 is 2.86 bits per heavy atom. The average molecular weight is 297 g/mol. The van der Waals surface area contributed by atoms with Crippen LogP contribution in [0.15, 0.2) is 60.9 Å². The van der Waals surface area contributed by atoms with Gasteiger partial charge in [-0.15, -0.1) is 0 Å². The standard InChI is InChI=1S/C17H16FN3O/c18-14-4-1-3-13(9-14)12-22-16-6-2-5-15(10-16)21-11-17-19-7-8-20-17/h1-10,21H,11-12H2,(H,19,20). The van der Waals surface area contributed by atoms with Crippen molar-refractivity contribution in [1.82, 2.24) is 9.97 Å². The van der Waals surface area contributed by atoms with E-state index in [0.717, 1.165) is 22.8 Å². The van der Waals surface area contributed by atoms with Crippen LogP contribution in [0.2, 0.25) is 0 Å². The first-order chi connectivity index (χ1) is 10.8. The summed E-state index contributed by atoms with van der Waals surface area (Å²) in [7, 11) is 0. The first-order valence-electron chi connectivity index (χ1n) is 6.99. The number of nitrogens with one attached hydrogen (secondary N) is 2. The molecule has 0 unspecified atom stereocenters. The third kappa shape index (κ3) is 3.85. The van der Waals surface area contributed by atoms with Crippen LogP contribution in [0.5, 0.6) is 5.75 Å². The Morgan fingerprint density at radius 2 is 2.05 bits per heavy atom. The van der Waals surface area contributed by atoms with Gasteiger partial charge in [0, 0.05) is 24.1 Å². The van der Waals surface area contributed by atoms with Crippen molar-refractivity contribution in [1.29, 1.82) is 0 Å². The van der Waals surface area contributed by atoms with E-state index in [9.17, 15) is 4.39 Å². The van der Waals surface area contributed by atoms with Crippen LogP contribution in [-0.4, -0.2) is 9.97 Å². The van der Waals surface area contributed by atoms with Crippen molar-refractivity contribution in [3.05, 3.63) is 78.1 Å². The maximum absolute atomic E-state index is 13.1. The van der Waals surface area contributed by atoms with Crippen LogP contribution >= 0.6 is 0 Å². The molecule has 3 rings (SSSR count). The number of halogens is 1. The van der Waals surface area contributed by atoms with Gasteiger partial charge in [-0.25, -0.2) is 9.37 Å². The number of hydrogen-bond acceptors (Lipinski definition) is 3.